The summed E-state index contributed by atoms with van der Waals surface area (Å²) in [6, 6.07) is 5.74. The minimum absolute atomic E-state index is 0.0286. The number of tetrazole rings is 1. The van der Waals surface area contributed by atoms with Crippen molar-refractivity contribution in [1.29, 1.82) is 0 Å². The van der Waals surface area contributed by atoms with Crippen molar-refractivity contribution in [3.05, 3.63) is 41.5 Å². The van der Waals surface area contributed by atoms with E-state index in [2.05, 4.69) is 29.4 Å². The van der Waals surface area contributed by atoms with Crippen LogP contribution in [0.25, 0.3) is 0 Å². The average molecular weight is 361 g/mol. The van der Waals surface area contributed by atoms with Crippen molar-refractivity contribution in [2.75, 3.05) is 13.1 Å². The molecule has 0 fully saturated rings. The SMILES string of the molecule is CCC(CC)CN(CC)C(=O)C(Cc1cccc(F)c1)n1nnnc1C. The lowest BCUT2D eigenvalue weighted by Crippen LogP contribution is -2.41. The van der Waals surface area contributed by atoms with Crippen molar-refractivity contribution >= 4 is 5.91 Å². The van der Waals surface area contributed by atoms with Crippen LogP contribution in [0, 0.1) is 18.7 Å². The predicted molar refractivity (Wildman–Crippen MR) is 98.0 cm³/mol. The second-order valence-electron chi connectivity index (χ2n) is 6.58. The molecule has 1 aromatic carbocycles. The van der Waals surface area contributed by atoms with Gasteiger partial charge >= 0.3 is 0 Å². The zero-order valence-corrected chi connectivity index (χ0v) is 16.0. The summed E-state index contributed by atoms with van der Waals surface area (Å²) in [6.07, 6.45) is 2.40. The summed E-state index contributed by atoms with van der Waals surface area (Å²) in [5.74, 6) is 0.688. The molecule has 0 bridgehead atoms. The Balaban J connectivity index is 2.30. The molecule has 0 radical (unpaired) electrons. The van der Waals surface area contributed by atoms with E-state index < -0.39 is 6.04 Å². The highest BCUT2D eigenvalue weighted by molar-refractivity contribution is 5.80. The number of nitrogens with zero attached hydrogens (tertiary/aromatic N) is 5. The number of carbonyl (C=O) groups is 1. The topological polar surface area (TPSA) is 63.9 Å². The number of benzene rings is 1. The number of hydrogen-bond donors (Lipinski definition) is 0. The highest BCUT2D eigenvalue weighted by atomic mass is 19.1. The first-order valence-electron chi connectivity index (χ1n) is 9.27. The third-order valence-corrected chi connectivity index (χ3v) is 4.88. The van der Waals surface area contributed by atoms with Crippen LogP contribution in [0.15, 0.2) is 24.3 Å². The summed E-state index contributed by atoms with van der Waals surface area (Å²) in [7, 11) is 0. The van der Waals surface area contributed by atoms with Gasteiger partial charge in [0.05, 0.1) is 0 Å². The van der Waals surface area contributed by atoms with E-state index in [-0.39, 0.29) is 11.7 Å². The number of likely N-dealkylation sites (N-methyl/N-ethyl adjacent to an activating group) is 1. The fraction of sp³-hybridized carbons (Fsp3) is 0.579. The lowest BCUT2D eigenvalue weighted by Gasteiger charge is -2.29. The van der Waals surface area contributed by atoms with Gasteiger partial charge < -0.3 is 4.90 Å². The van der Waals surface area contributed by atoms with Gasteiger partial charge in [0, 0.05) is 19.5 Å². The fourth-order valence-corrected chi connectivity index (χ4v) is 3.14. The average Bonchev–Trinajstić information content (AvgIpc) is 3.06. The number of rotatable bonds is 9. The maximum Gasteiger partial charge on any atom is 0.247 e. The van der Waals surface area contributed by atoms with E-state index in [9.17, 15) is 9.18 Å². The van der Waals surface area contributed by atoms with E-state index in [4.69, 9.17) is 0 Å². The molecule has 7 heteroatoms. The largest absolute Gasteiger partial charge is 0.341 e. The Morgan fingerprint density at radius 3 is 2.54 bits per heavy atom. The first kappa shape index (κ1) is 20.0. The summed E-state index contributed by atoms with van der Waals surface area (Å²) in [6.45, 7) is 9.36. The van der Waals surface area contributed by atoms with Gasteiger partial charge in [-0.15, -0.1) is 5.10 Å². The fourth-order valence-electron chi connectivity index (χ4n) is 3.14. The lowest BCUT2D eigenvalue weighted by atomic mass is 10.0. The van der Waals surface area contributed by atoms with Crippen LogP contribution in [0.2, 0.25) is 0 Å². The van der Waals surface area contributed by atoms with Crippen LogP contribution in [0.4, 0.5) is 4.39 Å². The molecule has 0 spiro atoms. The maximum absolute atomic E-state index is 13.6. The first-order chi connectivity index (χ1) is 12.5. The molecule has 2 aromatic rings. The lowest BCUT2D eigenvalue weighted by molar-refractivity contribution is -0.135. The van der Waals surface area contributed by atoms with Crippen LogP contribution < -0.4 is 0 Å². The molecule has 0 saturated heterocycles. The summed E-state index contributed by atoms with van der Waals surface area (Å²) in [5, 5.41) is 11.6. The highest BCUT2D eigenvalue weighted by Gasteiger charge is 2.29. The summed E-state index contributed by atoms with van der Waals surface area (Å²) in [5.41, 5.74) is 0.747. The maximum atomic E-state index is 13.6. The molecule has 0 saturated carbocycles. The van der Waals surface area contributed by atoms with Crippen molar-refractivity contribution < 1.29 is 9.18 Å². The van der Waals surface area contributed by atoms with Gasteiger partial charge in [-0.2, -0.15) is 0 Å². The zero-order chi connectivity index (χ0) is 19.1. The molecule has 0 aliphatic heterocycles. The summed E-state index contributed by atoms with van der Waals surface area (Å²) >= 11 is 0. The van der Waals surface area contributed by atoms with E-state index in [0.29, 0.717) is 31.3 Å². The Bertz CT molecular complexity index is 713. The number of amides is 1. The molecule has 26 heavy (non-hydrogen) atoms. The highest BCUT2D eigenvalue weighted by Crippen LogP contribution is 2.20. The minimum Gasteiger partial charge on any atom is -0.341 e. The predicted octanol–water partition coefficient (Wildman–Crippen LogP) is 3.19. The number of halogens is 1. The Hall–Kier alpha value is -2.31. The number of aryl methyl sites for hydroxylation is 1. The third kappa shape index (κ3) is 4.86. The normalized spacial score (nSPS) is 12.4. The van der Waals surface area contributed by atoms with Crippen LogP contribution in [-0.2, 0) is 11.2 Å². The summed E-state index contributed by atoms with van der Waals surface area (Å²) < 4.78 is 15.1. The Morgan fingerprint density at radius 2 is 2.00 bits per heavy atom. The van der Waals surface area contributed by atoms with Crippen LogP contribution in [0.1, 0.15) is 51.0 Å². The summed E-state index contributed by atoms with van der Waals surface area (Å²) in [4.78, 5) is 15.2. The van der Waals surface area contributed by atoms with Gasteiger partial charge in [-0.3, -0.25) is 4.79 Å². The Labute approximate surface area is 154 Å². The van der Waals surface area contributed by atoms with E-state index in [0.717, 1.165) is 18.4 Å². The van der Waals surface area contributed by atoms with E-state index >= 15 is 0 Å². The van der Waals surface area contributed by atoms with Crippen LogP contribution in [-0.4, -0.2) is 44.1 Å². The quantitative estimate of drug-likeness (QED) is 0.688. The molecular weight excluding hydrogens is 333 g/mol. The third-order valence-electron chi connectivity index (χ3n) is 4.88. The van der Waals surface area contributed by atoms with Crippen LogP contribution >= 0.6 is 0 Å². The van der Waals surface area contributed by atoms with Crippen LogP contribution in [0.5, 0.6) is 0 Å². The van der Waals surface area contributed by atoms with Gasteiger partial charge in [0.2, 0.25) is 5.91 Å². The Morgan fingerprint density at radius 1 is 1.27 bits per heavy atom. The molecule has 1 aromatic heterocycles. The number of hydrogen-bond acceptors (Lipinski definition) is 4. The van der Waals surface area contributed by atoms with E-state index in [1.165, 1.54) is 12.1 Å². The van der Waals surface area contributed by atoms with Crippen molar-refractivity contribution in [1.82, 2.24) is 25.1 Å². The molecule has 142 valence electrons. The molecule has 1 atom stereocenters. The van der Waals surface area contributed by atoms with Gasteiger partial charge in [-0.25, -0.2) is 9.07 Å². The first-order valence-corrected chi connectivity index (χ1v) is 9.27. The van der Waals surface area contributed by atoms with Gasteiger partial charge in [0.1, 0.15) is 17.7 Å². The molecule has 0 aliphatic carbocycles. The molecule has 1 amide bonds. The molecule has 1 heterocycles. The van der Waals surface area contributed by atoms with E-state index in [1.54, 1.807) is 17.7 Å². The molecule has 2 rings (SSSR count). The van der Waals surface area contributed by atoms with E-state index in [1.807, 2.05) is 17.9 Å². The molecule has 6 nitrogen and oxygen atoms in total. The van der Waals surface area contributed by atoms with Gasteiger partial charge in [0.25, 0.3) is 0 Å². The second kappa shape index (κ2) is 9.40. The standard InChI is InChI=1S/C19H28FN5O/c1-5-15(6-2)13-24(7-3)19(26)18(25-14(4)21-22-23-25)12-16-9-8-10-17(20)11-16/h8-11,15,18H,5-7,12-13H2,1-4H3. The smallest absolute Gasteiger partial charge is 0.247 e. The minimum atomic E-state index is -0.582. The Kier molecular flexibility index (Phi) is 7.24. The molecule has 0 N–H and O–H groups in total. The van der Waals surface area contributed by atoms with Crippen LogP contribution in [0.3, 0.4) is 0 Å². The van der Waals surface area contributed by atoms with Crippen molar-refractivity contribution in [2.45, 2.75) is 53.0 Å². The monoisotopic (exact) mass is 361 g/mol. The molecular formula is C19H28FN5O. The van der Waals surface area contributed by atoms with Gasteiger partial charge in [0.15, 0.2) is 0 Å². The van der Waals surface area contributed by atoms with Gasteiger partial charge in [-0.1, -0.05) is 38.8 Å². The van der Waals surface area contributed by atoms with Crippen molar-refractivity contribution in [3.63, 3.8) is 0 Å². The second-order valence-corrected chi connectivity index (χ2v) is 6.58. The van der Waals surface area contributed by atoms with Gasteiger partial charge in [-0.05, 0) is 47.9 Å². The number of carbonyl (C=O) groups excluding carboxylic acids is 1. The zero-order valence-electron chi connectivity index (χ0n) is 16.0. The molecule has 0 aliphatic rings. The number of aromatic nitrogens is 4. The molecule has 1 unspecified atom stereocenters. The van der Waals surface area contributed by atoms with Crippen molar-refractivity contribution in [3.8, 4) is 0 Å². The van der Waals surface area contributed by atoms with Crippen molar-refractivity contribution in [2.24, 2.45) is 5.92 Å².